The largest absolute Gasteiger partial charge is 0.370 e. The van der Waals surface area contributed by atoms with Crippen molar-refractivity contribution in [2.75, 3.05) is 7.05 Å². The number of carbonyl (C=O) groups is 3. The Bertz CT molecular complexity index is 387. The number of fused-ring (bicyclic) bond motifs is 1. The van der Waals surface area contributed by atoms with Crippen molar-refractivity contribution in [1.29, 1.82) is 0 Å². The first-order chi connectivity index (χ1) is 7.36. The van der Waals surface area contributed by atoms with Crippen molar-refractivity contribution in [3.8, 4) is 0 Å². The molecule has 8 heteroatoms. The second-order valence-electron chi connectivity index (χ2n) is 3.91. The van der Waals surface area contributed by atoms with Crippen LogP contribution in [0.2, 0.25) is 0 Å². The van der Waals surface area contributed by atoms with Crippen LogP contribution in [0.3, 0.4) is 0 Å². The van der Waals surface area contributed by atoms with Crippen LogP contribution in [0.15, 0.2) is 0 Å². The van der Waals surface area contributed by atoms with Gasteiger partial charge in [-0.1, -0.05) is 0 Å². The van der Waals surface area contributed by atoms with E-state index in [9.17, 15) is 14.4 Å². The maximum atomic E-state index is 11.6. The molecule has 0 spiro atoms. The molecular weight excluding hydrogens is 232 g/mol. The third kappa shape index (κ3) is 1.37. The summed E-state index contributed by atoms with van der Waals surface area (Å²) in [5.41, 5.74) is 11.0. The fourth-order valence-electron chi connectivity index (χ4n) is 2.01. The Morgan fingerprint density at radius 2 is 2.25 bits per heavy atom. The van der Waals surface area contributed by atoms with Gasteiger partial charge in [0.2, 0.25) is 11.8 Å². The van der Waals surface area contributed by atoms with Gasteiger partial charge in [0, 0.05) is 18.7 Å². The Labute approximate surface area is 95.9 Å². The van der Waals surface area contributed by atoms with Gasteiger partial charge in [-0.3, -0.25) is 25.5 Å². The monoisotopic (exact) mass is 244 g/mol. The molecule has 3 atom stereocenters. The van der Waals surface area contributed by atoms with E-state index < -0.39 is 28.8 Å². The zero-order chi connectivity index (χ0) is 12.1. The van der Waals surface area contributed by atoms with Crippen molar-refractivity contribution >= 4 is 29.6 Å². The SMILES string of the molecule is CN1C(=O)NC(=O)C2C(CC(N)=O)SC21N. The van der Waals surface area contributed by atoms with Gasteiger partial charge in [-0.2, -0.15) is 0 Å². The molecule has 3 unspecified atom stereocenters. The third-order valence-electron chi connectivity index (χ3n) is 2.90. The lowest BCUT2D eigenvalue weighted by molar-refractivity contribution is -0.130. The Balaban J connectivity index is 2.19. The fourth-order valence-corrected chi connectivity index (χ4v) is 3.64. The summed E-state index contributed by atoms with van der Waals surface area (Å²) in [5.74, 6) is -1.49. The number of urea groups is 1. The molecule has 0 radical (unpaired) electrons. The highest BCUT2D eigenvalue weighted by atomic mass is 32.2. The average Bonchev–Trinajstić information content (AvgIpc) is 2.11. The third-order valence-corrected chi connectivity index (χ3v) is 4.55. The molecule has 2 saturated heterocycles. The molecule has 5 N–H and O–H groups in total. The van der Waals surface area contributed by atoms with E-state index in [1.54, 1.807) is 0 Å². The lowest BCUT2D eigenvalue weighted by Gasteiger charge is -2.56. The smallest absolute Gasteiger partial charge is 0.325 e. The maximum Gasteiger partial charge on any atom is 0.325 e. The molecule has 2 rings (SSSR count). The van der Waals surface area contributed by atoms with Crippen molar-refractivity contribution in [3.05, 3.63) is 0 Å². The highest BCUT2D eigenvalue weighted by molar-refractivity contribution is 8.02. The second-order valence-corrected chi connectivity index (χ2v) is 5.40. The molecule has 0 aliphatic carbocycles. The van der Waals surface area contributed by atoms with E-state index in [1.807, 2.05) is 0 Å². The van der Waals surface area contributed by atoms with E-state index >= 15 is 0 Å². The summed E-state index contributed by atoms with van der Waals surface area (Å²) in [6.45, 7) is 0. The van der Waals surface area contributed by atoms with Gasteiger partial charge >= 0.3 is 6.03 Å². The van der Waals surface area contributed by atoms with E-state index in [0.717, 1.165) is 0 Å². The minimum Gasteiger partial charge on any atom is -0.370 e. The summed E-state index contributed by atoms with van der Waals surface area (Å²) in [6.07, 6.45) is 0.0870. The number of hydrogen-bond donors (Lipinski definition) is 3. The van der Waals surface area contributed by atoms with Gasteiger partial charge < -0.3 is 5.73 Å². The lowest BCUT2D eigenvalue weighted by Crippen LogP contribution is -2.77. The fraction of sp³-hybridized carbons (Fsp3) is 0.625. The number of rotatable bonds is 2. The molecule has 2 fully saturated rings. The first kappa shape index (κ1) is 11.2. The van der Waals surface area contributed by atoms with Crippen LogP contribution in [-0.2, 0) is 9.59 Å². The van der Waals surface area contributed by atoms with Crippen molar-refractivity contribution in [1.82, 2.24) is 10.2 Å². The molecule has 0 aromatic heterocycles. The predicted octanol–water partition coefficient (Wildman–Crippen LogP) is -1.61. The number of nitrogens with two attached hydrogens (primary N) is 2. The minimum atomic E-state index is -1.04. The number of imide groups is 1. The molecule has 0 aromatic carbocycles. The molecule has 0 aromatic rings. The van der Waals surface area contributed by atoms with E-state index in [4.69, 9.17) is 11.5 Å². The molecule has 0 bridgehead atoms. The first-order valence-electron chi connectivity index (χ1n) is 4.70. The first-order valence-corrected chi connectivity index (χ1v) is 5.58. The van der Waals surface area contributed by atoms with E-state index in [0.29, 0.717) is 0 Å². The van der Waals surface area contributed by atoms with E-state index in [1.165, 1.54) is 23.7 Å². The van der Waals surface area contributed by atoms with Crippen molar-refractivity contribution in [2.24, 2.45) is 17.4 Å². The summed E-state index contributed by atoms with van der Waals surface area (Å²) < 4.78 is 0. The molecule has 88 valence electrons. The number of amides is 4. The van der Waals surface area contributed by atoms with Crippen molar-refractivity contribution in [2.45, 2.75) is 16.7 Å². The topological polar surface area (TPSA) is 119 Å². The quantitative estimate of drug-likeness (QED) is 0.540. The second kappa shape index (κ2) is 3.36. The minimum absolute atomic E-state index is 0.0870. The van der Waals surface area contributed by atoms with Crippen LogP contribution in [0.5, 0.6) is 0 Å². The summed E-state index contributed by atoms with van der Waals surface area (Å²) >= 11 is 1.22. The highest BCUT2D eigenvalue weighted by Gasteiger charge is 2.62. The molecule has 16 heavy (non-hydrogen) atoms. The van der Waals surface area contributed by atoms with Gasteiger partial charge in [0.1, 0.15) is 0 Å². The Hall–Kier alpha value is -1.28. The molecular formula is C8H12N4O3S. The standard InChI is InChI=1S/C8H12N4O3S/c1-12-7(15)11-6(14)5-3(2-4(9)13)16-8(5,12)10/h3,5H,2,10H2,1H3,(H2,9,13)(H,11,14,15). The Kier molecular flexibility index (Phi) is 2.35. The normalized spacial score (nSPS) is 37.5. The van der Waals surface area contributed by atoms with Crippen LogP contribution in [0.1, 0.15) is 6.42 Å². The molecule has 7 nitrogen and oxygen atoms in total. The van der Waals surface area contributed by atoms with Crippen LogP contribution < -0.4 is 16.8 Å². The molecule has 2 aliphatic heterocycles. The van der Waals surface area contributed by atoms with Gasteiger partial charge in [-0.05, 0) is 0 Å². The number of carbonyl (C=O) groups excluding carboxylic acids is 3. The predicted molar refractivity (Wildman–Crippen MR) is 56.9 cm³/mol. The Morgan fingerprint density at radius 1 is 1.62 bits per heavy atom. The highest BCUT2D eigenvalue weighted by Crippen LogP contribution is 2.52. The van der Waals surface area contributed by atoms with Crippen LogP contribution in [0.4, 0.5) is 4.79 Å². The maximum absolute atomic E-state index is 11.6. The lowest BCUT2D eigenvalue weighted by atomic mass is 9.93. The van der Waals surface area contributed by atoms with Gasteiger partial charge in [-0.15, -0.1) is 11.8 Å². The molecule has 2 aliphatic rings. The van der Waals surface area contributed by atoms with E-state index in [2.05, 4.69) is 5.32 Å². The van der Waals surface area contributed by atoms with Gasteiger partial charge in [0.25, 0.3) is 0 Å². The zero-order valence-electron chi connectivity index (χ0n) is 8.60. The van der Waals surface area contributed by atoms with E-state index in [-0.39, 0.29) is 11.7 Å². The number of hydrogen-bond acceptors (Lipinski definition) is 5. The Morgan fingerprint density at radius 3 is 2.81 bits per heavy atom. The zero-order valence-corrected chi connectivity index (χ0v) is 9.41. The van der Waals surface area contributed by atoms with Crippen LogP contribution in [0, 0.1) is 5.92 Å². The summed E-state index contributed by atoms with van der Waals surface area (Å²) in [6, 6.07) is -0.520. The number of primary amides is 1. The number of nitrogens with zero attached hydrogens (tertiary/aromatic N) is 1. The van der Waals surface area contributed by atoms with Crippen LogP contribution in [0.25, 0.3) is 0 Å². The molecule has 2 heterocycles. The van der Waals surface area contributed by atoms with Gasteiger partial charge in [0.05, 0.1) is 5.92 Å². The van der Waals surface area contributed by atoms with Crippen LogP contribution >= 0.6 is 11.8 Å². The van der Waals surface area contributed by atoms with Crippen molar-refractivity contribution in [3.63, 3.8) is 0 Å². The summed E-state index contributed by atoms with van der Waals surface area (Å²) in [4.78, 5) is 34.0. The number of nitrogens with one attached hydrogen (secondary N) is 1. The van der Waals surface area contributed by atoms with Crippen molar-refractivity contribution < 1.29 is 14.4 Å². The van der Waals surface area contributed by atoms with Gasteiger partial charge in [-0.25, -0.2) is 4.79 Å². The summed E-state index contributed by atoms with van der Waals surface area (Å²) in [5, 5.41) is 1.94. The average molecular weight is 244 g/mol. The summed E-state index contributed by atoms with van der Waals surface area (Å²) in [7, 11) is 1.52. The molecule has 0 saturated carbocycles. The van der Waals surface area contributed by atoms with Crippen LogP contribution in [-0.4, -0.2) is 40.0 Å². The number of thioether (sulfide) groups is 1. The molecule has 4 amide bonds. The van der Waals surface area contributed by atoms with Gasteiger partial charge in [0.15, 0.2) is 4.99 Å².